The van der Waals surface area contributed by atoms with Gasteiger partial charge in [-0.2, -0.15) is 0 Å². The number of amides is 2. The second kappa shape index (κ2) is 7.21. The molecule has 0 aliphatic carbocycles. The minimum atomic E-state index is -1.49. The van der Waals surface area contributed by atoms with Gasteiger partial charge in [0, 0.05) is 12.2 Å². The van der Waals surface area contributed by atoms with E-state index in [-0.39, 0.29) is 5.91 Å². The summed E-state index contributed by atoms with van der Waals surface area (Å²) in [6.07, 6.45) is 1.77. The van der Waals surface area contributed by atoms with Crippen LogP contribution in [0.2, 0.25) is 0 Å². The summed E-state index contributed by atoms with van der Waals surface area (Å²) in [5.74, 6) is -0.586. The number of nitrogens with one attached hydrogen (secondary N) is 1. The van der Waals surface area contributed by atoms with Gasteiger partial charge in [-0.15, -0.1) is 0 Å². The molecule has 1 saturated heterocycles. The predicted molar refractivity (Wildman–Crippen MR) is 101 cm³/mol. The number of thioether (sulfide) groups is 1. The monoisotopic (exact) mass is 388 g/mol. The molecule has 23 heavy (non-hydrogen) atoms. The molecule has 1 aromatic rings. The number of halogens is 2. The van der Waals surface area contributed by atoms with Crippen LogP contribution in [-0.2, 0) is 9.59 Å². The van der Waals surface area contributed by atoms with Crippen LogP contribution in [0.5, 0.6) is 0 Å². The van der Waals surface area contributed by atoms with Gasteiger partial charge in [0.1, 0.15) is 4.32 Å². The summed E-state index contributed by atoms with van der Waals surface area (Å²) in [4.78, 5) is 26.0. The Hall–Kier alpha value is -1.08. The Morgan fingerprint density at radius 1 is 1.39 bits per heavy atom. The van der Waals surface area contributed by atoms with Crippen LogP contribution in [-0.4, -0.2) is 31.9 Å². The summed E-state index contributed by atoms with van der Waals surface area (Å²) in [6.45, 7) is 3.84. The first kappa shape index (κ1) is 18.3. The average molecular weight is 389 g/mol. The molecule has 0 atom stereocenters. The lowest BCUT2D eigenvalue weighted by Crippen LogP contribution is -2.29. The zero-order valence-electron chi connectivity index (χ0n) is 12.4. The molecule has 1 heterocycles. The van der Waals surface area contributed by atoms with Gasteiger partial charge in [-0.1, -0.05) is 59.3 Å². The standard InChI is InChI=1S/C15H14Cl2N2O2S2/c1-3-19-12(20)11(23-14(19)22)8-9-4-6-10(7-5-9)18-13(21)15(2,16)17/h4-8H,3H2,1-2H3,(H,18,21). The van der Waals surface area contributed by atoms with Crippen LogP contribution in [0.4, 0.5) is 5.69 Å². The zero-order valence-corrected chi connectivity index (χ0v) is 15.6. The minimum Gasteiger partial charge on any atom is -0.323 e. The fourth-order valence-corrected chi connectivity index (χ4v) is 3.31. The van der Waals surface area contributed by atoms with E-state index in [0.717, 1.165) is 5.56 Å². The molecular formula is C15H14Cl2N2O2S2. The number of likely N-dealkylation sites (N-methyl/N-ethyl adjacent to an activating group) is 1. The number of carbonyl (C=O) groups is 2. The van der Waals surface area contributed by atoms with Gasteiger partial charge in [-0.05, 0) is 37.6 Å². The maximum absolute atomic E-state index is 12.1. The molecule has 1 fully saturated rings. The first-order valence-electron chi connectivity index (χ1n) is 6.77. The van der Waals surface area contributed by atoms with E-state index < -0.39 is 10.2 Å². The number of rotatable bonds is 4. The van der Waals surface area contributed by atoms with Crippen LogP contribution in [0, 0.1) is 0 Å². The quantitative estimate of drug-likeness (QED) is 0.480. The molecule has 122 valence electrons. The third-order valence-electron chi connectivity index (χ3n) is 3.05. The fraction of sp³-hybridized carbons (Fsp3) is 0.267. The van der Waals surface area contributed by atoms with E-state index in [0.29, 0.717) is 21.5 Å². The van der Waals surface area contributed by atoms with Crippen LogP contribution in [0.3, 0.4) is 0 Å². The molecule has 2 amide bonds. The lowest BCUT2D eigenvalue weighted by molar-refractivity contribution is -0.122. The van der Waals surface area contributed by atoms with Crippen molar-refractivity contribution in [1.82, 2.24) is 4.90 Å². The topological polar surface area (TPSA) is 49.4 Å². The van der Waals surface area contributed by atoms with Crippen LogP contribution < -0.4 is 5.32 Å². The third-order valence-corrected chi connectivity index (χ3v) is 4.78. The normalized spacial score (nSPS) is 17.0. The van der Waals surface area contributed by atoms with Gasteiger partial charge in [0.05, 0.1) is 4.91 Å². The Bertz CT molecular complexity index is 682. The van der Waals surface area contributed by atoms with Gasteiger partial charge in [0.2, 0.25) is 0 Å². The van der Waals surface area contributed by atoms with E-state index >= 15 is 0 Å². The molecule has 0 radical (unpaired) electrons. The van der Waals surface area contributed by atoms with Crippen molar-refractivity contribution in [3.63, 3.8) is 0 Å². The Balaban J connectivity index is 2.12. The molecule has 1 aliphatic rings. The van der Waals surface area contributed by atoms with Crippen LogP contribution in [0.15, 0.2) is 29.2 Å². The van der Waals surface area contributed by atoms with E-state index in [1.54, 1.807) is 35.2 Å². The SMILES string of the molecule is CCN1C(=O)C(=Cc2ccc(NC(=O)C(C)(Cl)Cl)cc2)SC1=S. The molecule has 1 aliphatic heterocycles. The van der Waals surface area contributed by atoms with Crippen molar-refractivity contribution in [2.75, 3.05) is 11.9 Å². The van der Waals surface area contributed by atoms with E-state index in [1.165, 1.54) is 18.7 Å². The highest BCUT2D eigenvalue weighted by Gasteiger charge is 2.30. The van der Waals surface area contributed by atoms with Gasteiger partial charge in [-0.3, -0.25) is 14.5 Å². The lowest BCUT2D eigenvalue weighted by Gasteiger charge is -2.13. The van der Waals surface area contributed by atoms with Crippen molar-refractivity contribution >= 4 is 75.1 Å². The van der Waals surface area contributed by atoms with Gasteiger partial charge in [0.15, 0.2) is 4.33 Å². The molecular weight excluding hydrogens is 375 g/mol. The molecule has 1 N–H and O–H groups in total. The minimum absolute atomic E-state index is 0.0834. The summed E-state index contributed by atoms with van der Waals surface area (Å²) in [6, 6.07) is 7.00. The van der Waals surface area contributed by atoms with Gasteiger partial charge in [0.25, 0.3) is 11.8 Å². The Morgan fingerprint density at radius 3 is 2.48 bits per heavy atom. The molecule has 4 nitrogen and oxygen atoms in total. The lowest BCUT2D eigenvalue weighted by atomic mass is 10.2. The highest BCUT2D eigenvalue weighted by Crippen LogP contribution is 2.32. The van der Waals surface area contributed by atoms with Gasteiger partial charge >= 0.3 is 0 Å². The first-order chi connectivity index (χ1) is 10.7. The summed E-state index contributed by atoms with van der Waals surface area (Å²) in [7, 11) is 0. The summed E-state index contributed by atoms with van der Waals surface area (Å²) < 4.78 is -0.927. The fourth-order valence-electron chi connectivity index (χ4n) is 1.83. The third kappa shape index (κ3) is 4.47. The Morgan fingerprint density at radius 2 is 2.00 bits per heavy atom. The second-order valence-electron chi connectivity index (χ2n) is 4.89. The number of hydrogen-bond acceptors (Lipinski definition) is 4. The van der Waals surface area contributed by atoms with Crippen LogP contribution in [0.25, 0.3) is 6.08 Å². The average Bonchev–Trinajstić information content (AvgIpc) is 2.74. The molecule has 2 rings (SSSR count). The Labute approximate surface area is 154 Å². The number of carbonyl (C=O) groups excluding carboxylic acids is 2. The molecule has 1 aromatic carbocycles. The predicted octanol–water partition coefficient (Wildman–Crippen LogP) is 4.04. The smallest absolute Gasteiger partial charge is 0.266 e. The highest BCUT2D eigenvalue weighted by atomic mass is 35.5. The van der Waals surface area contributed by atoms with Crippen molar-refractivity contribution < 1.29 is 9.59 Å². The number of nitrogens with zero attached hydrogens (tertiary/aromatic N) is 1. The van der Waals surface area contributed by atoms with E-state index in [9.17, 15) is 9.59 Å². The van der Waals surface area contributed by atoms with Crippen molar-refractivity contribution in [3.05, 3.63) is 34.7 Å². The van der Waals surface area contributed by atoms with Gasteiger partial charge in [-0.25, -0.2) is 0 Å². The van der Waals surface area contributed by atoms with Gasteiger partial charge < -0.3 is 5.32 Å². The summed E-state index contributed by atoms with van der Waals surface area (Å²) >= 11 is 17.9. The van der Waals surface area contributed by atoms with Crippen LogP contribution in [0.1, 0.15) is 19.4 Å². The molecule has 0 bridgehead atoms. The summed E-state index contributed by atoms with van der Waals surface area (Å²) in [5, 5.41) is 2.61. The Kier molecular flexibility index (Phi) is 5.73. The van der Waals surface area contributed by atoms with E-state index in [4.69, 9.17) is 35.4 Å². The number of hydrogen-bond donors (Lipinski definition) is 1. The molecule has 8 heteroatoms. The van der Waals surface area contributed by atoms with Crippen molar-refractivity contribution in [1.29, 1.82) is 0 Å². The molecule has 0 spiro atoms. The van der Waals surface area contributed by atoms with Crippen LogP contribution >= 0.6 is 47.2 Å². The number of benzene rings is 1. The molecule has 0 saturated carbocycles. The van der Waals surface area contributed by atoms with Crippen molar-refractivity contribution in [2.24, 2.45) is 0 Å². The molecule has 0 unspecified atom stereocenters. The second-order valence-corrected chi connectivity index (χ2v) is 8.27. The van der Waals surface area contributed by atoms with Crippen molar-refractivity contribution in [3.8, 4) is 0 Å². The summed E-state index contributed by atoms with van der Waals surface area (Å²) in [5.41, 5.74) is 1.40. The van der Waals surface area contributed by atoms with E-state index in [2.05, 4.69) is 5.32 Å². The van der Waals surface area contributed by atoms with Crippen molar-refractivity contribution in [2.45, 2.75) is 18.2 Å². The largest absolute Gasteiger partial charge is 0.323 e. The maximum Gasteiger partial charge on any atom is 0.266 e. The highest BCUT2D eigenvalue weighted by molar-refractivity contribution is 8.26. The number of anilines is 1. The molecule has 0 aromatic heterocycles. The zero-order chi connectivity index (χ0) is 17.2. The maximum atomic E-state index is 12.1. The van der Waals surface area contributed by atoms with E-state index in [1.807, 2.05) is 6.92 Å². The number of thiocarbonyl (C=S) groups is 1. The number of alkyl halides is 2. The first-order valence-corrected chi connectivity index (χ1v) is 8.75.